The molecule has 142 valence electrons. The zero-order chi connectivity index (χ0) is 20.1. The van der Waals surface area contributed by atoms with Crippen molar-refractivity contribution in [3.63, 3.8) is 0 Å². The van der Waals surface area contributed by atoms with Gasteiger partial charge in [0.05, 0.1) is 23.4 Å². The highest BCUT2D eigenvalue weighted by molar-refractivity contribution is 8.19. The molecule has 1 aliphatic rings. The van der Waals surface area contributed by atoms with E-state index >= 15 is 0 Å². The number of phenols is 1. The fraction of sp³-hybridized carbons (Fsp3) is 0.100. The Labute approximate surface area is 166 Å². The number of hydrogen-bond donors (Lipinski definition) is 1. The Bertz CT molecular complexity index is 982. The maximum absolute atomic E-state index is 12.8. The second-order valence-corrected chi connectivity index (χ2v) is 6.73. The van der Waals surface area contributed by atoms with Crippen LogP contribution in [0.3, 0.4) is 0 Å². The number of hydrogen-bond acceptors (Lipinski definition) is 7. The van der Waals surface area contributed by atoms with E-state index in [-0.39, 0.29) is 16.6 Å². The van der Waals surface area contributed by atoms with E-state index in [1.165, 1.54) is 12.0 Å². The Morgan fingerprint density at radius 3 is 2.46 bits per heavy atom. The van der Waals surface area contributed by atoms with Crippen LogP contribution in [0.1, 0.15) is 12.5 Å². The monoisotopic (exact) mass is 395 g/mol. The van der Waals surface area contributed by atoms with Crippen LogP contribution in [0, 0.1) is 0 Å². The molecule has 0 radical (unpaired) electrons. The predicted molar refractivity (Wildman–Crippen MR) is 109 cm³/mol. The van der Waals surface area contributed by atoms with Crippen LogP contribution in [0.25, 0.3) is 0 Å². The molecule has 0 aromatic heterocycles. The van der Waals surface area contributed by atoms with E-state index in [1.54, 1.807) is 55.5 Å². The molecule has 1 saturated heterocycles. The van der Waals surface area contributed by atoms with Gasteiger partial charge in [-0.3, -0.25) is 9.69 Å². The second kappa shape index (κ2) is 8.53. The number of nitrogens with zero attached hydrogens (tertiary/aromatic N) is 3. The van der Waals surface area contributed by atoms with Gasteiger partial charge in [-0.25, -0.2) is 4.79 Å². The summed E-state index contributed by atoms with van der Waals surface area (Å²) in [5.41, 5.74) is 2.01. The number of methoxy groups -OCH3 is 1. The highest BCUT2D eigenvalue weighted by atomic mass is 32.2. The van der Waals surface area contributed by atoms with Gasteiger partial charge in [-0.2, -0.15) is 5.10 Å². The Balaban J connectivity index is 1.98. The van der Waals surface area contributed by atoms with Gasteiger partial charge in [0.2, 0.25) is 5.17 Å². The third-order valence-electron chi connectivity index (χ3n) is 3.84. The van der Waals surface area contributed by atoms with Crippen molar-refractivity contribution in [1.82, 2.24) is 0 Å². The minimum Gasteiger partial charge on any atom is -0.508 e. The minimum absolute atomic E-state index is 0.160. The van der Waals surface area contributed by atoms with E-state index in [1.807, 2.05) is 6.07 Å². The van der Waals surface area contributed by atoms with Gasteiger partial charge in [-0.15, -0.1) is 5.10 Å². The minimum atomic E-state index is -0.617. The average Bonchev–Trinajstić information content (AvgIpc) is 3.02. The molecule has 1 N–H and O–H groups in total. The van der Waals surface area contributed by atoms with Crippen LogP contribution in [-0.4, -0.2) is 35.0 Å². The van der Waals surface area contributed by atoms with Crippen molar-refractivity contribution < 1.29 is 19.4 Å². The molecule has 1 amide bonds. The molecule has 7 nitrogen and oxygen atoms in total. The summed E-state index contributed by atoms with van der Waals surface area (Å²) in [5, 5.41) is 18.2. The van der Waals surface area contributed by atoms with Crippen LogP contribution < -0.4 is 4.90 Å². The lowest BCUT2D eigenvalue weighted by atomic mass is 10.1. The first-order chi connectivity index (χ1) is 13.5. The smallest absolute Gasteiger partial charge is 0.331 e. The van der Waals surface area contributed by atoms with Crippen molar-refractivity contribution in [2.75, 3.05) is 12.0 Å². The van der Waals surface area contributed by atoms with Crippen LogP contribution in [0.5, 0.6) is 5.75 Å². The van der Waals surface area contributed by atoms with Gasteiger partial charge < -0.3 is 9.84 Å². The van der Waals surface area contributed by atoms with E-state index in [0.29, 0.717) is 16.6 Å². The summed E-state index contributed by atoms with van der Waals surface area (Å²) in [6.45, 7) is 1.77. The van der Waals surface area contributed by atoms with Crippen molar-refractivity contribution in [2.45, 2.75) is 6.92 Å². The van der Waals surface area contributed by atoms with Crippen molar-refractivity contribution in [3.05, 3.63) is 71.1 Å². The molecular formula is C20H17N3O4S. The van der Waals surface area contributed by atoms with Gasteiger partial charge in [0.15, 0.2) is 0 Å². The number of carbonyl (C=O) groups is 2. The van der Waals surface area contributed by atoms with Crippen molar-refractivity contribution >= 4 is 40.2 Å². The summed E-state index contributed by atoms with van der Waals surface area (Å²) >= 11 is 1.04. The first kappa shape index (κ1) is 19.4. The van der Waals surface area contributed by atoms with E-state index in [4.69, 9.17) is 0 Å². The molecule has 0 spiro atoms. The van der Waals surface area contributed by atoms with Gasteiger partial charge in [0.25, 0.3) is 5.91 Å². The third kappa shape index (κ3) is 4.29. The Hall–Kier alpha value is -3.39. The van der Waals surface area contributed by atoms with Crippen LogP contribution in [-0.2, 0) is 14.3 Å². The highest BCUT2D eigenvalue weighted by Gasteiger charge is 2.35. The molecule has 1 heterocycles. The zero-order valence-electron chi connectivity index (χ0n) is 15.2. The number of thioether (sulfide) groups is 1. The normalized spacial score (nSPS) is 17.4. The first-order valence-electron chi connectivity index (χ1n) is 8.28. The summed E-state index contributed by atoms with van der Waals surface area (Å²) in [7, 11) is 1.25. The quantitative estimate of drug-likeness (QED) is 0.371. The molecule has 0 unspecified atom stereocenters. The van der Waals surface area contributed by atoms with Crippen LogP contribution in [0.4, 0.5) is 5.69 Å². The molecule has 8 heteroatoms. The number of rotatable bonds is 4. The zero-order valence-corrected chi connectivity index (χ0v) is 16.0. The van der Waals surface area contributed by atoms with E-state index < -0.39 is 5.97 Å². The van der Waals surface area contributed by atoms with Gasteiger partial charge in [0.1, 0.15) is 5.75 Å². The summed E-state index contributed by atoms with van der Waals surface area (Å²) < 4.78 is 4.62. The number of ether oxygens (including phenoxy) is 1. The fourth-order valence-corrected chi connectivity index (χ4v) is 3.28. The maximum Gasteiger partial charge on any atom is 0.331 e. The number of amidine groups is 1. The molecule has 1 fully saturated rings. The largest absolute Gasteiger partial charge is 0.508 e. The lowest BCUT2D eigenvalue weighted by Gasteiger charge is -2.14. The number of esters is 1. The Morgan fingerprint density at radius 1 is 1.14 bits per heavy atom. The number of anilines is 1. The molecule has 0 saturated carbocycles. The molecule has 1 aliphatic heterocycles. The van der Waals surface area contributed by atoms with Gasteiger partial charge >= 0.3 is 5.97 Å². The number of para-hydroxylation sites is 1. The maximum atomic E-state index is 12.8. The SMILES string of the molecule is COC(=O)/C=C1\S/C(=N\N=C(/C)c2ccc(O)cc2)N(c2ccccc2)C1=O. The summed E-state index contributed by atoms with van der Waals surface area (Å²) in [5.74, 6) is -0.834. The summed E-state index contributed by atoms with van der Waals surface area (Å²) in [4.78, 5) is 26.0. The van der Waals surface area contributed by atoms with Gasteiger partial charge in [0, 0.05) is 6.08 Å². The molecule has 0 aliphatic carbocycles. The van der Waals surface area contributed by atoms with Crippen LogP contribution >= 0.6 is 11.8 Å². The van der Waals surface area contributed by atoms with Crippen molar-refractivity contribution in [1.29, 1.82) is 0 Å². The Morgan fingerprint density at radius 2 is 1.82 bits per heavy atom. The number of aromatic hydroxyl groups is 1. The molecule has 0 bridgehead atoms. The van der Waals surface area contributed by atoms with Crippen LogP contribution in [0.15, 0.2) is 75.8 Å². The standard InChI is InChI=1S/C20H17N3O4S/c1-13(14-8-10-16(24)11-9-14)21-22-20-23(15-6-4-3-5-7-15)19(26)17(28-20)12-18(25)27-2/h3-12,24H,1-2H3/b17-12-,21-13+,22-20-. The van der Waals surface area contributed by atoms with Crippen molar-refractivity contribution in [3.8, 4) is 5.75 Å². The van der Waals surface area contributed by atoms with Crippen molar-refractivity contribution in [2.24, 2.45) is 10.2 Å². The van der Waals surface area contributed by atoms with E-state index in [2.05, 4.69) is 14.9 Å². The van der Waals surface area contributed by atoms with Gasteiger partial charge in [-0.05, 0) is 60.6 Å². The topological polar surface area (TPSA) is 91.6 Å². The highest BCUT2D eigenvalue weighted by Crippen LogP contribution is 2.34. The second-order valence-electron chi connectivity index (χ2n) is 5.72. The molecule has 3 rings (SSSR count). The summed E-state index contributed by atoms with van der Waals surface area (Å²) in [6.07, 6.45) is 1.14. The third-order valence-corrected chi connectivity index (χ3v) is 4.80. The predicted octanol–water partition coefficient (Wildman–Crippen LogP) is 3.31. The Kier molecular flexibility index (Phi) is 5.90. The van der Waals surface area contributed by atoms with Gasteiger partial charge in [-0.1, -0.05) is 18.2 Å². The molecule has 2 aromatic carbocycles. The molecule has 2 aromatic rings. The number of carbonyl (C=O) groups excluding carboxylic acids is 2. The number of benzene rings is 2. The lowest BCUT2D eigenvalue weighted by Crippen LogP contribution is -2.28. The van der Waals surface area contributed by atoms with E-state index in [0.717, 1.165) is 23.4 Å². The molecule has 0 atom stereocenters. The fourth-order valence-electron chi connectivity index (χ4n) is 2.39. The number of phenolic OH excluding ortho intramolecular Hbond substituents is 1. The lowest BCUT2D eigenvalue weighted by molar-refractivity contribution is -0.135. The van der Waals surface area contributed by atoms with E-state index in [9.17, 15) is 14.7 Å². The summed E-state index contributed by atoms with van der Waals surface area (Å²) in [6, 6.07) is 15.5. The average molecular weight is 395 g/mol. The number of amides is 1. The molecule has 28 heavy (non-hydrogen) atoms. The van der Waals surface area contributed by atoms with Crippen LogP contribution in [0.2, 0.25) is 0 Å². The first-order valence-corrected chi connectivity index (χ1v) is 9.10. The molecular weight excluding hydrogens is 378 g/mol.